The van der Waals surface area contributed by atoms with Crippen molar-refractivity contribution < 1.29 is 4.74 Å². The summed E-state index contributed by atoms with van der Waals surface area (Å²) in [5.41, 5.74) is 7.15. The van der Waals surface area contributed by atoms with Crippen LogP contribution in [-0.4, -0.2) is 51.9 Å². The van der Waals surface area contributed by atoms with Gasteiger partial charge in [0.25, 0.3) is 0 Å². The van der Waals surface area contributed by atoms with E-state index in [1.807, 2.05) is 18.3 Å². The minimum Gasteiger partial charge on any atom is -0.379 e. The molecule has 1 spiro atoms. The van der Waals surface area contributed by atoms with E-state index in [1.54, 1.807) is 16.9 Å². The Kier molecular flexibility index (Phi) is 5.08. The Hall–Kier alpha value is -1.58. The van der Waals surface area contributed by atoms with E-state index in [9.17, 15) is 0 Å². The fourth-order valence-corrected chi connectivity index (χ4v) is 5.48. The molecule has 2 saturated heterocycles. The van der Waals surface area contributed by atoms with Gasteiger partial charge in [-0.1, -0.05) is 41.0 Å². The normalized spacial score (nSPS) is 21.3. The summed E-state index contributed by atoms with van der Waals surface area (Å²) < 4.78 is 7.43. The fraction of sp³-hybridized carbons (Fsp3) is 0.421. The first kappa shape index (κ1) is 19.4. The topological polar surface area (TPSA) is 81.6 Å². The number of piperidine rings is 1. The van der Waals surface area contributed by atoms with Gasteiger partial charge in [0.1, 0.15) is 6.33 Å². The Morgan fingerprint density at radius 1 is 1.17 bits per heavy atom. The predicted molar refractivity (Wildman–Crippen MR) is 114 cm³/mol. The number of nitrogens with zero attached hydrogens (tertiary/aromatic N) is 5. The minimum absolute atomic E-state index is 0.0943. The first-order valence-electron chi connectivity index (χ1n) is 9.46. The molecule has 0 amide bonds. The largest absolute Gasteiger partial charge is 0.379 e. The van der Waals surface area contributed by atoms with E-state index < -0.39 is 0 Å². The van der Waals surface area contributed by atoms with Crippen LogP contribution in [0.25, 0.3) is 5.65 Å². The quantitative estimate of drug-likeness (QED) is 0.653. The molecular formula is C19H20Cl2N6OS. The number of rotatable bonds is 3. The summed E-state index contributed by atoms with van der Waals surface area (Å²) in [6, 6.07) is 5.69. The molecular weight excluding hydrogens is 431 g/mol. The van der Waals surface area contributed by atoms with Crippen LogP contribution in [-0.2, 0) is 4.74 Å². The number of benzene rings is 1. The number of ether oxygens (including phenoxy) is 1. The summed E-state index contributed by atoms with van der Waals surface area (Å²) in [5.74, 6) is 0.793. The molecule has 2 fully saturated rings. The second-order valence-electron chi connectivity index (χ2n) is 7.54. The fourth-order valence-electron chi connectivity index (χ4n) is 4.09. The lowest BCUT2D eigenvalue weighted by molar-refractivity contribution is 0.131. The van der Waals surface area contributed by atoms with E-state index in [0.29, 0.717) is 16.7 Å². The summed E-state index contributed by atoms with van der Waals surface area (Å²) in [4.78, 5) is 13.1. The Morgan fingerprint density at radius 3 is 2.76 bits per heavy atom. The van der Waals surface area contributed by atoms with E-state index in [1.165, 1.54) is 11.8 Å². The van der Waals surface area contributed by atoms with Crippen molar-refractivity contribution in [3.8, 4) is 0 Å². The van der Waals surface area contributed by atoms with Gasteiger partial charge in [0.15, 0.2) is 5.65 Å². The SMILES string of the molecule is NC1COCC12CCN(c1ncc(Sc3cccc(Cl)c3Cl)c3ncnn13)CC2. The third kappa shape index (κ3) is 3.37. The number of anilines is 1. The molecule has 29 heavy (non-hydrogen) atoms. The van der Waals surface area contributed by atoms with Crippen molar-refractivity contribution in [3.05, 3.63) is 40.8 Å². The zero-order valence-corrected chi connectivity index (χ0v) is 17.9. The third-order valence-corrected chi connectivity index (χ3v) is 7.91. The summed E-state index contributed by atoms with van der Waals surface area (Å²) >= 11 is 14.0. The van der Waals surface area contributed by atoms with Crippen molar-refractivity contribution in [2.24, 2.45) is 11.1 Å². The maximum absolute atomic E-state index is 6.35. The minimum atomic E-state index is 0.0943. The Labute approximate surface area is 182 Å². The highest BCUT2D eigenvalue weighted by atomic mass is 35.5. The highest BCUT2D eigenvalue weighted by Gasteiger charge is 2.44. The van der Waals surface area contributed by atoms with Crippen molar-refractivity contribution >= 4 is 46.6 Å². The number of aromatic nitrogens is 4. The summed E-state index contributed by atoms with van der Waals surface area (Å²) in [6.45, 7) is 3.14. The summed E-state index contributed by atoms with van der Waals surface area (Å²) in [7, 11) is 0. The molecule has 1 aromatic carbocycles. The average Bonchev–Trinajstić information content (AvgIpc) is 3.35. The van der Waals surface area contributed by atoms with E-state index in [0.717, 1.165) is 53.9 Å². The summed E-state index contributed by atoms with van der Waals surface area (Å²) in [5, 5.41) is 5.47. The van der Waals surface area contributed by atoms with Crippen LogP contribution >= 0.6 is 35.0 Å². The van der Waals surface area contributed by atoms with Crippen LogP contribution in [0, 0.1) is 5.41 Å². The third-order valence-electron chi connectivity index (χ3n) is 5.91. The van der Waals surface area contributed by atoms with Gasteiger partial charge >= 0.3 is 0 Å². The Morgan fingerprint density at radius 2 is 2.00 bits per heavy atom. The molecule has 0 aliphatic carbocycles. The van der Waals surface area contributed by atoms with Crippen molar-refractivity contribution in [1.82, 2.24) is 19.6 Å². The molecule has 7 nitrogen and oxygen atoms in total. The van der Waals surface area contributed by atoms with Gasteiger partial charge in [-0.05, 0) is 25.0 Å². The number of hydrogen-bond donors (Lipinski definition) is 1. The molecule has 1 atom stereocenters. The van der Waals surface area contributed by atoms with Crippen LogP contribution in [0.15, 0.2) is 40.5 Å². The van der Waals surface area contributed by atoms with Gasteiger partial charge in [-0.2, -0.15) is 9.61 Å². The molecule has 0 saturated carbocycles. The standard InChI is InChI=1S/C19H20Cl2N6OS/c20-12-2-1-3-13(16(12)21)29-14-8-23-18(27-17(14)24-11-25-27)26-6-4-19(5-7-26)10-28-9-15(19)22/h1-3,8,11,15H,4-7,9-10,22H2. The van der Waals surface area contributed by atoms with Crippen molar-refractivity contribution in [2.75, 3.05) is 31.2 Å². The molecule has 2 N–H and O–H groups in total. The number of halogens is 2. The monoisotopic (exact) mass is 450 g/mol. The van der Waals surface area contributed by atoms with E-state index in [-0.39, 0.29) is 11.5 Å². The molecule has 10 heteroatoms. The zero-order valence-electron chi connectivity index (χ0n) is 15.6. The molecule has 1 unspecified atom stereocenters. The van der Waals surface area contributed by atoms with Crippen molar-refractivity contribution in [2.45, 2.75) is 28.7 Å². The van der Waals surface area contributed by atoms with Gasteiger partial charge in [0.2, 0.25) is 5.95 Å². The molecule has 2 aliphatic heterocycles. The highest BCUT2D eigenvalue weighted by Crippen LogP contribution is 2.41. The van der Waals surface area contributed by atoms with Crippen LogP contribution in [0.3, 0.4) is 0 Å². The maximum atomic E-state index is 6.35. The lowest BCUT2D eigenvalue weighted by atomic mass is 9.75. The van der Waals surface area contributed by atoms with Gasteiger partial charge in [0.05, 0.1) is 28.2 Å². The van der Waals surface area contributed by atoms with Crippen LogP contribution in [0.2, 0.25) is 10.0 Å². The van der Waals surface area contributed by atoms with Crippen LogP contribution in [0.1, 0.15) is 12.8 Å². The molecule has 2 aliphatic rings. The van der Waals surface area contributed by atoms with Crippen molar-refractivity contribution in [1.29, 1.82) is 0 Å². The molecule has 2 aromatic heterocycles. The molecule has 5 rings (SSSR count). The maximum Gasteiger partial charge on any atom is 0.228 e. The number of fused-ring (bicyclic) bond motifs is 1. The molecule has 3 aromatic rings. The second kappa shape index (κ2) is 7.59. The molecule has 0 radical (unpaired) electrons. The van der Waals surface area contributed by atoms with Gasteiger partial charge in [-0.15, -0.1) is 0 Å². The molecule has 0 bridgehead atoms. The first-order chi connectivity index (χ1) is 14.1. The highest BCUT2D eigenvalue weighted by molar-refractivity contribution is 7.99. The van der Waals surface area contributed by atoms with E-state index in [4.69, 9.17) is 38.7 Å². The average molecular weight is 451 g/mol. The lowest BCUT2D eigenvalue weighted by Crippen LogP contribution is -2.49. The van der Waals surface area contributed by atoms with Crippen molar-refractivity contribution in [3.63, 3.8) is 0 Å². The van der Waals surface area contributed by atoms with Crippen LogP contribution in [0.5, 0.6) is 0 Å². The van der Waals surface area contributed by atoms with E-state index >= 15 is 0 Å². The first-order valence-corrected chi connectivity index (χ1v) is 11.0. The zero-order chi connectivity index (χ0) is 20.0. The van der Waals surface area contributed by atoms with Gasteiger partial charge in [0, 0.05) is 35.6 Å². The summed E-state index contributed by atoms with van der Waals surface area (Å²) in [6.07, 6.45) is 5.35. The molecule has 152 valence electrons. The van der Waals surface area contributed by atoms with E-state index in [2.05, 4.69) is 15.0 Å². The lowest BCUT2D eigenvalue weighted by Gasteiger charge is -2.40. The van der Waals surface area contributed by atoms with Gasteiger partial charge < -0.3 is 15.4 Å². The predicted octanol–water partition coefficient (Wildman–Crippen LogP) is 3.53. The van der Waals surface area contributed by atoms with Gasteiger partial charge in [-0.25, -0.2) is 9.97 Å². The Bertz CT molecular complexity index is 1050. The smallest absolute Gasteiger partial charge is 0.228 e. The Balaban J connectivity index is 1.42. The molecule has 4 heterocycles. The van der Waals surface area contributed by atoms with Crippen LogP contribution in [0.4, 0.5) is 5.95 Å². The second-order valence-corrected chi connectivity index (χ2v) is 9.41. The van der Waals surface area contributed by atoms with Gasteiger partial charge in [-0.3, -0.25) is 0 Å². The number of hydrogen-bond acceptors (Lipinski definition) is 7. The number of nitrogens with two attached hydrogens (primary N) is 1. The van der Waals surface area contributed by atoms with Crippen LogP contribution < -0.4 is 10.6 Å².